The Morgan fingerprint density at radius 2 is 2.00 bits per heavy atom. The summed E-state index contributed by atoms with van der Waals surface area (Å²) in [6.07, 6.45) is 2.93. The lowest BCUT2D eigenvalue weighted by Gasteiger charge is -2.25. The van der Waals surface area contributed by atoms with Crippen molar-refractivity contribution >= 4 is 18.3 Å². The number of halogens is 1. The summed E-state index contributed by atoms with van der Waals surface area (Å²) in [7, 11) is 1.53. The number of urea groups is 1. The molecule has 168 valence electrons. The number of ether oxygens (including phenoxy) is 1. The predicted molar refractivity (Wildman–Crippen MR) is 118 cm³/mol. The molecule has 2 heterocycles. The van der Waals surface area contributed by atoms with Gasteiger partial charge in [0.15, 0.2) is 0 Å². The van der Waals surface area contributed by atoms with Gasteiger partial charge in [0, 0.05) is 30.4 Å². The van der Waals surface area contributed by atoms with Crippen LogP contribution in [0.5, 0.6) is 5.75 Å². The van der Waals surface area contributed by atoms with Crippen LogP contribution < -0.4 is 15.4 Å². The molecule has 33 heavy (non-hydrogen) atoms. The molecule has 4 rings (SSSR count). The van der Waals surface area contributed by atoms with Gasteiger partial charge in [-0.05, 0) is 34.9 Å². The van der Waals surface area contributed by atoms with Crippen LogP contribution in [0.2, 0.25) is 0 Å². The Hall–Kier alpha value is -4.27. The zero-order valence-electron chi connectivity index (χ0n) is 17.7. The molecule has 1 aliphatic rings. The van der Waals surface area contributed by atoms with Crippen molar-refractivity contribution in [3.05, 3.63) is 83.4 Å². The van der Waals surface area contributed by atoms with E-state index in [1.54, 1.807) is 47.4 Å². The summed E-state index contributed by atoms with van der Waals surface area (Å²) in [5.41, 5.74) is 3.15. The Labute approximate surface area is 189 Å². The maximum atomic E-state index is 14.1. The van der Waals surface area contributed by atoms with Gasteiger partial charge in [0.1, 0.15) is 11.6 Å². The monoisotopic (exact) mass is 448 g/mol. The van der Waals surface area contributed by atoms with E-state index in [-0.39, 0.29) is 18.9 Å². The molecule has 2 N–H and O–H groups in total. The average molecular weight is 448 g/mol. The van der Waals surface area contributed by atoms with Crippen LogP contribution in [0.15, 0.2) is 60.9 Å². The highest BCUT2D eigenvalue weighted by Gasteiger charge is 2.30. The molecule has 2 aromatic carbocycles. The van der Waals surface area contributed by atoms with E-state index in [0.717, 1.165) is 11.8 Å². The highest BCUT2D eigenvalue weighted by Crippen LogP contribution is 2.29. The third-order valence-corrected chi connectivity index (χ3v) is 5.49. The van der Waals surface area contributed by atoms with Gasteiger partial charge < -0.3 is 15.0 Å². The Kier molecular flexibility index (Phi) is 6.30. The molecule has 8 nitrogen and oxygen atoms in total. The number of methoxy groups -OCH3 is 1. The third-order valence-electron chi connectivity index (χ3n) is 5.49. The first-order valence-corrected chi connectivity index (χ1v) is 10.2. The van der Waals surface area contributed by atoms with Gasteiger partial charge in [-0.25, -0.2) is 9.18 Å². The van der Waals surface area contributed by atoms with Crippen molar-refractivity contribution in [3.63, 3.8) is 0 Å². The summed E-state index contributed by atoms with van der Waals surface area (Å²) in [5.74, 6) is -0.0361. The highest BCUT2D eigenvalue weighted by atomic mass is 19.1. The summed E-state index contributed by atoms with van der Waals surface area (Å²) < 4.78 is 19.3. The van der Waals surface area contributed by atoms with Gasteiger partial charge in [-0.15, -0.1) is 0 Å². The van der Waals surface area contributed by atoms with Gasteiger partial charge in [0.25, 0.3) is 5.91 Å². The second-order valence-electron chi connectivity index (χ2n) is 7.47. The Morgan fingerprint density at radius 1 is 1.21 bits per heavy atom. The van der Waals surface area contributed by atoms with Gasteiger partial charge in [-0.2, -0.15) is 0 Å². The highest BCUT2D eigenvalue weighted by molar-refractivity contribution is 5.98. The number of hydrogen-bond donors (Lipinski definition) is 2. The van der Waals surface area contributed by atoms with Crippen LogP contribution in [0.1, 0.15) is 27.5 Å². The molecule has 0 saturated carbocycles. The Morgan fingerprint density at radius 3 is 2.70 bits per heavy atom. The van der Waals surface area contributed by atoms with E-state index >= 15 is 0 Å². The third kappa shape index (κ3) is 4.67. The van der Waals surface area contributed by atoms with Crippen molar-refractivity contribution in [1.82, 2.24) is 20.5 Å². The first-order chi connectivity index (χ1) is 16.0. The lowest BCUT2D eigenvalue weighted by molar-refractivity contribution is -0.108. The first-order valence-electron chi connectivity index (χ1n) is 10.2. The molecule has 9 heteroatoms. The molecular formula is C24H21FN4O4. The number of nitrogens with zero attached hydrogens (tertiary/aromatic N) is 2. The Balaban J connectivity index is 1.58. The van der Waals surface area contributed by atoms with Crippen molar-refractivity contribution < 1.29 is 23.5 Å². The number of fused-ring (bicyclic) bond motifs is 1. The largest absolute Gasteiger partial charge is 0.497 e. The zero-order chi connectivity index (χ0) is 23.4. The van der Waals surface area contributed by atoms with Crippen LogP contribution >= 0.6 is 0 Å². The number of amides is 4. The smallest absolute Gasteiger partial charge is 0.321 e. The van der Waals surface area contributed by atoms with Gasteiger partial charge >= 0.3 is 6.03 Å². The van der Waals surface area contributed by atoms with E-state index in [0.29, 0.717) is 34.5 Å². The van der Waals surface area contributed by atoms with Crippen molar-refractivity contribution in [2.45, 2.75) is 12.6 Å². The van der Waals surface area contributed by atoms with Crippen molar-refractivity contribution in [2.24, 2.45) is 0 Å². The summed E-state index contributed by atoms with van der Waals surface area (Å²) in [6, 6.07) is 12.5. The second kappa shape index (κ2) is 9.47. The topological polar surface area (TPSA) is 101 Å². The fraction of sp³-hybridized carbons (Fsp3) is 0.167. The molecule has 1 atom stereocenters. The minimum atomic E-state index is -0.690. The van der Waals surface area contributed by atoms with Crippen LogP contribution in [-0.4, -0.2) is 41.9 Å². The molecule has 1 aliphatic heterocycles. The molecule has 0 fully saturated rings. The lowest BCUT2D eigenvalue weighted by atomic mass is 10.0. The van der Waals surface area contributed by atoms with Crippen molar-refractivity contribution in [1.29, 1.82) is 0 Å². The van der Waals surface area contributed by atoms with Crippen molar-refractivity contribution in [3.8, 4) is 16.9 Å². The number of hydrogen-bond acceptors (Lipinski definition) is 5. The lowest BCUT2D eigenvalue weighted by Crippen LogP contribution is -2.42. The first kappa shape index (κ1) is 21.9. The van der Waals surface area contributed by atoms with E-state index in [1.165, 1.54) is 13.3 Å². The molecule has 0 spiro atoms. The number of imide groups is 1. The normalized spacial score (nSPS) is 13.3. The molecule has 0 bridgehead atoms. The van der Waals surface area contributed by atoms with E-state index in [9.17, 15) is 18.8 Å². The molecule has 0 radical (unpaired) electrons. The number of rotatable bonds is 7. The molecule has 1 aromatic heterocycles. The quantitative estimate of drug-likeness (QED) is 0.541. The number of benzene rings is 2. The molecule has 0 aliphatic carbocycles. The fourth-order valence-electron chi connectivity index (χ4n) is 3.83. The fourth-order valence-corrected chi connectivity index (χ4v) is 3.83. The van der Waals surface area contributed by atoms with E-state index in [1.807, 2.05) is 6.07 Å². The second-order valence-corrected chi connectivity index (χ2v) is 7.47. The summed E-state index contributed by atoms with van der Waals surface area (Å²) in [5, 5.41) is 4.77. The number of carbonyl (C=O) groups is 3. The summed E-state index contributed by atoms with van der Waals surface area (Å²) in [6.45, 7) is 0.553. The van der Waals surface area contributed by atoms with Crippen LogP contribution in [0, 0.1) is 5.82 Å². The van der Waals surface area contributed by atoms with E-state index in [4.69, 9.17) is 4.74 Å². The van der Waals surface area contributed by atoms with Gasteiger partial charge in [-0.3, -0.25) is 19.9 Å². The van der Waals surface area contributed by atoms with Crippen LogP contribution in [0.25, 0.3) is 11.1 Å². The van der Waals surface area contributed by atoms with Crippen LogP contribution in [-0.2, 0) is 11.3 Å². The van der Waals surface area contributed by atoms with Gasteiger partial charge in [0.2, 0.25) is 6.41 Å². The Bertz CT molecular complexity index is 1200. The van der Waals surface area contributed by atoms with Crippen LogP contribution in [0.4, 0.5) is 9.18 Å². The summed E-state index contributed by atoms with van der Waals surface area (Å²) in [4.78, 5) is 41.1. The zero-order valence-corrected chi connectivity index (χ0v) is 17.7. The maximum Gasteiger partial charge on any atom is 0.321 e. The molecular weight excluding hydrogens is 427 g/mol. The average Bonchev–Trinajstić information content (AvgIpc) is 3.13. The number of pyridine rings is 1. The van der Waals surface area contributed by atoms with Crippen molar-refractivity contribution in [2.75, 3.05) is 13.7 Å². The number of aromatic nitrogens is 1. The SMILES string of the molecule is COc1ccc2c(c1)C(=O)N(C[C@H](NC(=O)NC=O)c1ccc(-c3ccncc3F)cc1)C2. The van der Waals surface area contributed by atoms with E-state index < -0.39 is 17.9 Å². The van der Waals surface area contributed by atoms with Gasteiger partial charge in [0.05, 0.1) is 19.3 Å². The van der Waals surface area contributed by atoms with Gasteiger partial charge in [-0.1, -0.05) is 30.3 Å². The molecule has 4 amide bonds. The predicted octanol–water partition coefficient (Wildman–Crippen LogP) is 3.05. The maximum absolute atomic E-state index is 14.1. The number of nitrogens with one attached hydrogen (secondary N) is 2. The van der Waals surface area contributed by atoms with Crippen LogP contribution in [0.3, 0.4) is 0 Å². The molecule has 0 unspecified atom stereocenters. The standard InChI is InChI=1S/C24H21FN4O4/c1-33-18-7-6-17-12-29(23(31)20(17)10-18)13-22(28-24(32)27-14-30)16-4-2-15(3-5-16)19-8-9-26-11-21(19)25/h2-11,14,22H,12-13H2,1H3,(H2,27,28,30,32)/t22-/m0/s1. The van der Waals surface area contributed by atoms with E-state index in [2.05, 4.69) is 15.6 Å². The summed E-state index contributed by atoms with van der Waals surface area (Å²) >= 11 is 0. The molecule has 3 aromatic rings. The minimum absolute atomic E-state index is 0.172. The minimum Gasteiger partial charge on any atom is -0.497 e. The number of carbonyl (C=O) groups excluding carboxylic acids is 3. The molecule has 0 saturated heterocycles.